The number of nitrogens with zero attached hydrogens (tertiary/aromatic N) is 3. The van der Waals surface area contributed by atoms with Gasteiger partial charge in [-0.15, -0.1) is 10.2 Å². The summed E-state index contributed by atoms with van der Waals surface area (Å²) in [6.07, 6.45) is 4.82. The minimum atomic E-state index is -0.486. The highest BCUT2D eigenvalue weighted by atomic mass is 32.1. The highest BCUT2D eigenvalue weighted by Gasteiger charge is 2.13. The monoisotopic (exact) mass is 481 g/mol. The SMILES string of the molecule is COc1ccc(/C=C/C(=O)Oc2ccc(/C=c3\sc4nnc(-c5ccccc5)n4c3=O)cc2)cc1. The zero-order valence-electron chi connectivity index (χ0n) is 18.6. The van der Waals surface area contributed by atoms with Crippen LogP contribution >= 0.6 is 11.3 Å². The molecule has 8 heteroatoms. The van der Waals surface area contributed by atoms with Gasteiger partial charge in [0.2, 0.25) is 4.96 Å². The predicted molar refractivity (Wildman–Crippen MR) is 135 cm³/mol. The maximum Gasteiger partial charge on any atom is 0.336 e. The van der Waals surface area contributed by atoms with Crippen LogP contribution in [0.2, 0.25) is 0 Å². The number of rotatable bonds is 6. The zero-order valence-corrected chi connectivity index (χ0v) is 19.4. The lowest BCUT2D eigenvalue weighted by molar-refractivity contribution is -0.128. The number of methoxy groups -OCH3 is 1. The molecule has 2 aromatic heterocycles. The molecule has 0 aliphatic heterocycles. The van der Waals surface area contributed by atoms with E-state index in [1.807, 2.05) is 54.6 Å². The molecule has 0 fully saturated rings. The van der Waals surface area contributed by atoms with Gasteiger partial charge in [0.1, 0.15) is 11.5 Å². The van der Waals surface area contributed by atoms with E-state index < -0.39 is 5.97 Å². The maximum atomic E-state index is 13.0. The normalized spacial score (nSPS) is 11.9. The van der Waals surface area contributed by atoms with Crippen molar-refractivity contribution < 1.29 is 14.3 Å². The Morgan fingerprint density at radius 3 is 2.29 bits per heavy atom. The number of fused-ring (bicyclic) bond motifs is 1. The van der Waals surface area contributed by atoms with E-state index in [1.165, 1.54) is 21.8 Å². The lowest BCUT2D eigenvalue weighted by Gasteiger charge is -2.02. The van der Waals surface area contributed by atoms with Gasteiger partial charge in [-0.1, -0.05) is 65.9 Å². The summed E-state index contributed by atoms with van der Waals surface area (Å²) in [6, 6.07) is 23.7. The van der Waals surface area contributed by atoms with E-state index in [0.717, 1.165) is 22.4 Å². The molecule has 0 saturated heterocycles. The first-order valence-electron chi connectivity index (χ1n) is 10.7. The molecule has 0 unspecified atom stereocenters. The lowest BCUT2D eigenvalue weighted by Crippen LogP contribution is -2.23. The molecule has 0 N–H and O–H groups in total. The highest BCUT2D eigenvalue weighted by molar-refractivity contribution is 7.15. The van der Waals surface area contributed by atoms with E-state index >= 15 is 0 Å². The molecule has 7 nitrogen and oxygen atoms in total. The maximum absolute atomic E-state index is 13.0. The van der Waals surface area contributed by atoms with Crippen molar-refractivity contribution in [3.63, 3.8) is 0 Å². The second kappa shape index (κ2) is 9.74. The van der Waals surface area contributed by atoms with Crippen molar-refractivity contribution >= 4 is 34.4 Å². The number of thiazole rings is 1. The Morgan fingerprint density at radius 1 is 0.886 bits per heavy atom. The van der Waals surface area contributed by atoms with Gasteiger partial charge in [-0.3, -0.25) is 4.79 Å². The van der Waals surface area contributed by atoms with Gasteiger partial charge in [-0.25, -0.2) is 9.20 Å². The second-order valence-electron chi connectivity index (χ2n) is 7.52. The molecule has 2 heterocycles. The minimum absolute atomic E-state index is 0.173. The van der Waals surface area contributed by atoms with Gasteiger partial charge < -0.3 is 9.47 Å². The molecule has 0 spiro atoms. The smallest absolute Gasteiger partial charge is 0.336 e. The quantitative estimate of drug-likeness (QED) is 0.207. The summed E-state index contributed by atoms with van der Waals surface area (Å²) < 4.78 is 12.6. The first kappa shape index (κ1) is 22.2. The number of esters is 1. The molecule has 0 aliphatic rings. The first-order chi connectivity index (χ1) is 17.1. The molecule has 0 atom stereocenters. The topological polar surface area (TPSA) is 82.8 Å². The summed E-state index contributed by atoms with van der Waals surface area (Å²) in [4.78, 5) is 25.7. The van der Waals surface area contributed by atoms with Crippen LogP contribution in [0.3, 0.4) is 0 Å². The molecule has 0 saturated carbocycles. The summed E-state index contributed by atoms with van der Waals surface area (Å²) in [7, 11) is 1.60. The molecule has 0 amide bonds. The predicted octanol–water partition coefficient (Wildman–Crippen LogP) is 3.99. The third-order valence-corrected chi connectivity index (χ3v) is 6.16. The molecule has 0 bridgehead atoms. The van der Waals surface area contributed by atoms with E-state index in [-0.39, 0.29) is 5.56 Å². The van der Waals surface area contributed by atoms with Gasteiger partial charge >= 0.3 is 5.97 Å². The fraction of sp³-hybridized carbons (Fsp3) is 0.0370. The summed E-state index contributed by atoms with van der Waals surface area (Å²) in [5.41, 5.74) is 2.31. The molecule has 35 heavy (non-hydrogen) atoms. The van der Waals surface area contributed by atoms with Gasteiger partial charge in [0, 0.05) is 11.6 Å². The summed E-state index contributed by atoms with van der Waals surface area (Å²) >= 11 is 1.27. The Morgan fingerprint density at radius 2 is 1.57 bits per heavy atom. The van der Waals surface area contributed by atoms with E-state index in [4.69, 9.17) is 9.47 Å². The molecule has 3 aromatic carbocycles. The van der Waals surface area contributed by atoms with Gasteiger partial charge in [0.05, 0.1) is 11.6 Å². The number of carbonyl (C=O) groups is 1. The Hall–Kier alpha value is -4.56. The average Bonchev–Trinajstić information content (AvgIpc) is 3.44. The number of carbonyl (C=O) groups excluding carboxylic acids is 1. The number of benzene rings is 3. The largest absolute Gasteiger partial charge is 0.497 e. The van der Waals surface area contributed by atoms with Gasteiger partial charge in [-0.05, 0) is 47.5 Å². The number of hydrogen-bond acceptors (Lipinski definition) is 7. The standard InChI is InChI=1S/C27H19N3O4S/c1-33-21-12-7-18(8-13-21)11-16-24(31)34-22-14-9-19(10-15-22)17-23-26(32)30-25(28-29-27(30)35-23)20-5-3-2-4-6-20/h2-17H,1H3/b16-11+,23-17-. The van der Waals surface area contributed by atoms with Crippen LogP contribution < -0.4 is 19.6 Å². The van der Waals surface area contributed by atoms with Crippen LogP contribution in [-0.4, -0.2) is 27.7 Å². The van der Waals surface area contributed by atoms with Gasteiger partial charge in [0.15, 0.2) is 5.82 Å². The van der Waals surface area contributed by atoms with E-state index in [1.54, 1.807) is 43.5 Å². The van der Waals surface area contributed by atoms with Crippen molar-refractivity contribution in [2.24, 2.45) is 0 Å². The second-order valence-corrected chi connectivity index (χ2v) is 8.53. The third kappa shape index (κ3) is 4.87. The van der Waals surface area contributed by atoms with Crippen LogP contribution in [0.1, 0.15) is 11.1 Å². The van der Waals surface area contributed by atoms with E-state index in [9.17, 15) is 9.59 Å². The number of ether oxygens (including phenoxy) is 2. The van der Waals surface area contributed by atoms with Crippen LogP contribution in [0.25, 0.3) is 28.5 Å². The molecular formula is C27H19N3O4S. The Bertz CT molecular complexity index is 1620. The number of aromatic nitrogens is 3. The van der Waals surface area contributed by atoms with Crippen molar-refractivity contribution in [2.75, 3.05) is 7.11 Å². The van der Waals surface area contributed by atoms with Crippen molar-refractivity contribution in [3.05, 3.63) is 111 Å². The molecule has 5 rings (SSSR count). The third-order valence-electron chi connectivity index (χ3n) is 5.20. The van der Waals surface area contributed by atoms with Crippen molar-refractivity contribution in [1.29, 1.82) is 0 Å². The van der Waals surface area contributed by atoms with Crippen LogP contribution in [0.4, 0.5) is 0 Å². The van der Waals surface area contributed by atoms with Crippen molar-refractivity contribution in [3.8, 4) is 22.9 Å². The minimum Gasteiger partial charge on any atom is -0.497 e. The van der Waals surface area contributed by atoms with Crippen molar-refractivity contribution in [1.82, 2.24) is 14.6 Å². The van der Waals surface area contributed by atoms with Crippen LogP contribution in [0.15, 0.2) is 89.7 Å². The molecule has 0 radical (unpaired) electrons. The van der Waals surface area contributed by atoms with Crippen LogP contribution in [0, 0.1) is 0 Å². The van der Waals surface area contributed by atoms with Crippen LogP contribution in [-0.2, 0) is 4.79 Å². The molecule has 5 aromatic rings. The van der Waals surface area contributed by atoms with E-state index in [0.29, 0.717) is 21.1 Å². The molecule has 172 valence electrons. The number of hydrogen-bond donors (Lipinski definition) is 0. The van der Waals surface area contributed by atoms with Crippen molar-refractivity contribution in [2.45, 2.75) is 0 Å². The first-order valence-corrected chi connectivity index (χ1v) is 11.5. The van der Waals surface area contributed by atoms with E-state index in [2.05, 4.69) is 10.2 Å². The Labute approximate surface area is 204 Å². The van der Waals surface area contributed by atoms with Gasteiger partial charge in [0.25, 0.3) is 5.56 Å². The lowest BCUT2D eigenvalue weighted by atomic mass is 10.2. The van der Waals surface area contributed by atoms with Gasteiger partial charge in [-0.2, -0.15) is 0 Å². The average molecular weight is 482 g/mol. The highest BCUT2D eigenvalue weighted by Crippen LogP contribution is 2.18. The fourth-order valence-electron chi connectivity index (χ4n) is 3.45. The Kier molecular flexibility index (Phi) is 6.19. The summed E-state index contributed by atoms with van der Waals surface area (Å²) in [5, 5.41) is 8.32. The van der Waals surface area contributed by atoms with Crippen LogP contribution in [0.5, 0.6) is 11.5 Å². The zero-order chi connectivity index (χ0) is 24.2. The molecular weight excluding hydrogens is 462 g/mol. The fourth-order valence-corrected chi connectivity index (χ4v) is 4.36. The summed E-state index contributed by atoms with van der Waals surface area (Å²) in [6.45, 7) is 0. The molecule has 0 aliphatic carbocycles. The summed E-state index contributed by atoms with van der Waals surface area (Å²) in [5.74, 6) is 1.19. The Balaban J connectivity index is 1.31.